The number of methoxy groups -OCH3 is 2. The summed E-state index contributed by atoms with van der Waals surface area (Å²) in [6.45, 7) is 9.82. The minimum atomic E-state index is -1.50. The summed E-state index contributed by atoms with van der Waals surface area (Å²) < 4.78 is 15.2. The fraction of sp³-hybridized carbons (Fsp3) is 0.324. The molecule has 0 amide bonds. The van der Waals surface area contributed by atoms with Gasteiger partial charge in [-0.15, -0.1) is 0 Å². The molecule has 0 aliphatic heterocycles. The van der Waals surface area contributed by atoms with Gasteiger partial charge in [0.05, 0.1) is 35.5 Å². The largest absolute Gasteiger partial charge is 0.488 e. The lowest BCUT2D eigenvalue weighted by molar-refractivity contribution is -0.0157. The first-order valence-corrected chi connectivity index (χ1v) is 17.7. The monoisotopic (exact) mass is 607 g/mol. The predicted octanol–water partition coefficient (Wildman–Crippen LogP) is 4.69. The lowest BCUT2D eigenvalue weighted by Crippen LogP contribution is -2.29. The van der Waals surface area contributed by atoms with Crippen LogP contribution in [-0.2, 0) is 15.9 Å². The van der Waals surface area contributed by atoms with Gasteiger partial charge in [0.1, 0.15) is 0 Å². The van der Waals surface area contributed by atoms with E-state index < -0.39 is 20.8 Å². The summed E-state index contributed by atoms with van der Waals surface area (Å²) in [4.78, 5) is 13.3. The molecule has 0 radical (unpaired) electrons. The number of carbonyl (C=O) groups excluding carboxylic acids is 1. The van der Waals surface area contributed by atoms with Gasteiger partial charge in [-0.05, 0) is 104 Å². The van der Waals surface area contributed by atoms with Gasteiger partial charge >= 0.3 is 7.12 Å². The highest BCUT2D eigenvalue weighted by atomic mass is 28.3. The fourth-order valence-corrected chi connectivity index (χ4v) is 6.02. The Hall–Kier alpha value is -4.12. The van der Waals surface area contributed by atoms with Gasteiger partial charge in [-0.2, -0.15) is 10.5 Å². The molecule has 0 saturated heterocycles. The number of rotatable bonds is 5. The van der Waals surface area contributed by atoms with Crippen molar-refractivity contribution in [1.29, 1.82) is 10.5 Å². The van der Waals surface area contributed by atoms with Crippen LogP contribution >= 0.6 is 0 Å². The number of benzene rings is 3. The summed E-state index contributed by atoms with van der Waals surface area (Å²) in [5, 5.41) is 34.9. The van der Waals surface area contributed by atoms with Gasteiger partial charge in [0, 0.05) is 25.2 Å². The molecule has 5 rings (SSSR count). The second-order valence-electron chi connectivity index (χ2n) is 11.9. The third-order valence-electron chi connectivity index (χ3n) is 7.62. The van der Waals surface area contributed by atoms with Crippen LogP contribution in [0.1, 0.15) is 39.9 Å². The summed E-state index contributed by atoms with van der Waals surface area (Å²) in [5.41, 5.74) is 4.80. The zero-order chi connectivity index (χ0) is 32.5. The van der Waals surface area contributed by atoms with Crippen LogP contribution in [0.3, 0.4) is 0 Å². The minimum absolute atomic E-state index is 0.0370. The number of ether oxygens (including phenoxy) is 2. The van der Waals surface area contributed by atoms with Crippen LogP contribution in [0, 0.1) is 28.1 Å². The number of nitriles is 2. The van der Waals surface area contributed by atoms with Crippen molar-refractivity contribution < 1.29 is 24.3 Å². The molecule has 8 nitrogen and oxygen atoms in total. The number of Topliss-reactive ketones (excluding diaryl/α,β-unsaturated/α-hetero) is 1. The quantitative estimate of drug-likeness (QED) is 0.317. The molecule has 10 heteroatoms. The van der Waals surface area contributed by atoms with Gasteiger partial charge in [-0.1, -0.05) is 36.4 Å². The molecular weight excluding hydrogens is 569 g/mol. The summed E-state index contributed by atoms with van der Waals surface area (Å²) in [5.74, 6) is 2.75. The minimum Gasteiger partial charge on any atom is -0.423 e. The van der Waals surface area contributed by atoms with Crippen molar-refractivity contribution in [3.8, 4) is 23.3 Å². The van der Waals surface area contributed by atoms with E-state index >= 15 is 0 Å². The van der Waals surface area contributed by atoms with Gasteiger partial charge < -0.3 is 19.5 Å². The summed E-state index contributed by atoms with van der Waals surface area (Å²) >= 11 is 0. The molecule has 0 bridgehead atoms. The third kappa shape index (κ3) is 8.50. The van der Waals surface area contributed by atoms with Crippen LogP contribution in [0.2, 0.25) is 19.6 Å². The van der Waals surface area contributed by atoms with Gasteiger partial charge in [0.2, 0.25) is 0 Å². The van der Waals surface area contributed by atoms with Gasteiger partial charge in [-0.25, -0.2) is 0 Å². The maximum atomic E-state index is 13.3. The maximum Gasteiger partial charge on any atom is 0.488 e. The Morgan fingerprint density at radius 1 is 0.909 bits per heavy atom. The Labute approximate surface area is 261 Å². The standard InChI is InChI=1S/C22H21NO3.C7H6BNO2.C5H11NSi/c1-25-19-11-22(12-20(19)26-2)10-17-7-6-16(9-18(17)21(22)24)15-5-3-4-14(8-15)13-23;9-5-6-2-1-3-7(4-6)8(10)11;1-5-6-7(2,3)4/h3-9,19-20H,10-12H2,1-2H3;1-4,10-11H;1H2,2-4H3/t19-,20+,22?;;. The number of carbonyl (C=O) groups is 1. The van der Waals surface area contributed by atoms with E-state index in [1.54, 1.807) is 38.5 Å². The maximum absolute atomic E-state index is 13.3. The van der Waals surface area contributed by atoms with Crippen molar-refractivity contribution in [2.24, 2.45) is 10.1 Å². The van der Waals surface area contributed by atoms with E-state index in [1.165, 1.54) is 6.07 Å². The second-order valence-corrected chi connectivity index (χ2v) is 16.4. The number of hydrogen-bond acceptors (Lipinski definition) is 8. The Morgan fingerprint density at radius 3 is 1.98 bits per heavy atom. The molecule has 1 unspecified atom stereocenters. The van der Waals surface area contributed by atoms with E-state index in [4.69, 9.17) is 30.0 Å². The molecule has 2 N–H and O–H groups in total. The molecule has 0 aromatic heterocycles. The van der Waals surface area contributed by atoms with Crippen molar-refractivity contribution >= 4 is 32.5 Å². The van der Waals surface area contributed by atoms with Gasteiger partial charge in [0.25, 0.3) is 0 Å². The van der Waals surface area contributed by atoms with Crippen LogP contribution in [0.5, 0.6) is 0 Å². The molecular formula is C34H38BN3O5Si. The lowest BCUT2D eigenvalue weighted by Gasteiger charge is -2.20. The highest BCUT2D eigenvalue weighted by molar-refractivity contribution is 6.75. The Kier molecular flexibility index (Phi) is 11.8. The van der Waals surface area contributed by atoms with Crippen molar-refractivity contribution in [1.82, 2.24) is 0 Å². The fourth-order valence-electron chi connectivity index (χ4n) is 5.54. The summed E-state index contributed by atoms with van der Waals surface area (Å²) in [7, 11) is 0.663. The molecule has 1 saturated carbocycles. The molecule has 3 aromatic rings. The van der Waals surface area contributed by atoms with Crippen LogP contribution in [-0.4, -0.2) is 63.5 Å². The molecule has 1 spiro atoms. The van der Waals surface area contributed by atoms with Crippen LogP contribution in [0.4, 0.5) is 0 Å². The number of hydrogen-bond donors (Lipinski definition) is 2. The summed E-state index contributed by atoms with van der Waals surface area (Å²) in [6.07, 6.45) is 2.08. The number of fused-ring (bicyclic) bond motifs is 1. The first kappa shape index (κ1) is 34.4. The molecule has 0 heterocycles. The molecule has 44 heavy (non-hydrogen) atoms. The first-order valence-electron chi connectivity index (χ1n) is 14.2. The van der Waals surface area contributed by atoms with Gasteiger partial charge in [-0.3, -0.25) is 9.45 Å². The Balaban J connectivity index is 0.000000242. The molecule has 3 atom stereocenters. The zero-order valence-electron chi connectivity index (χ0n) is 25.9. The van der Waals surface area contributed by atoms with Crippen LogP contribution in [0.15, 0.2) is 78.0 Å². The zero-order valence-corrected chi connectivity index (χ0v) is 26.9. The molecule has 3 aromatic carbocycles. The van der Waals surface area contributed by atoms with E-state index in [1.807, 2.05) is 36.4 Å². The smallest absolute Gasteiger partial charge is 0.423 e. The number of nitrogens with zero attached hydrogens (tertiary/aromatic N) is 3. The summed E-state index contributed by atoms with van der Waals surface area (Å²) in [6, 6.07) is 23.8. The Bertz CT molecular complexity index is 1600. The number of ketones is 1. The Morgan fingerprint density at radius 2 is 1.48 bits per heavy atom. The van der Waals surface area contributed by atoms with E-state index in [0.717, 1.165) is 28.7 Å². The molecule has 2 aliphatic rings. The highest BCUT2D eigenvalue weighted by Gasteiger charge is 2.54. The molecule has 226 valence electrons. The van der Waals surface area contributed by atoms with Gasteiger partial charge in [0.15, 0.2) is 14.0 Å². The predicted molar refractivity (Wildman–Crippen MR) is 175 cm³/mol. The van der Waals surface area contributed by atoms with Crippen LogP contribution in [0.25, 0.3) is 11.1 Å². The van der Waals surface area contributed by atoms with E-state index in [0.29, 0.717) is 29.4 Å². The second kappa shape index (κ2) is 15.1. The van der Waals surface area contributed by atoms with E-state index in [-0.39, 0.29) is 18.0 Å². The van der Waals surface area contributed by atoms with Crippen molar-refractivity contribution in [3.05, 3.63) is 95.6 Å². The lowest BCUT2D eigenvalue weighted by atomic mass is 9.80. The SMILES string of the molecule is C=C=N[Si](C)(C)C.CO[C@H]1CC2(Cc3ccc(-c4cccc(C#N)c4)cc3C2=O)C[C@H]1OC.N#Cc1cccc(B(O)O)c1. The van der Waals surface area contributed by atoms with Crippen molar-refractivity contribution in [2.45, 2.75) is 51.1 Å². The van der Waals surface area contributed by atoms with E-state index in [9.17, 15) is 4.79 Å². The normalized spacial score (nSPS) is 19.7. The average molecular weight is 608 g/mol. The highest BCUT2D eigenvalue weighted by Crippen LogP contribution is 2.50. The molecule has 2 aliphatic carbocycles. The van der Waals surface area contributed by atoms with Crippen LogP contribution < -0.4 is 5.46 Å². The third-order valence-corrected chi connectivity index (χ3v) is 8.45. The average Bonchev–Trinajstić information content (AvgIpc) is 3.52. The van der Waals surface area contributed by atoms with Crippen molar-refractivity contribution in [2.75, 3.05) is 14.2 Å². The van der Waals surface area contributed by atoms with Crippen molar-refractivity contribution in [3.63, 3.8) is 0 Å². The van der Waals surface area contributed by atoms with E-state index in [2.05, 4.69) is 48.9 Å². The molecule has 1 fully saturated rings. The topological polar surface area (TPSA) is 136 Å². The first-order chi connectivity index (χ1) is 20.9.